The summed E-state index contributed by atoms with van der Waals surface area (Å²) in [7, 11) is 3.46. The SMILES string of the molecule is CN=C(S/C=C/C=O)c1ccnc(C)c1.CNc1cc(C=NCCC(C)(C)O)c(N)cc1-c1ccc(C(F)(F)F)cc1. The van der Waals surface area contributed by atoms with E-state index in [9.17, 15) is 23.1 Å². The van der Waals surface area contributed by atoms with Crippen LogP contribution in [0.5, 0.6) is 0 Å². The van der Waals surface area contributed by atoms with Crippen LogP contribution in [0, 0.1) is 6.92 Å². The van der Waals surface area contributed by atoms with E-state index in [1.54, 1.807) is 57.9 Å². The molecule has 0 fully saturated rings. The van der Waals surface area contributed by atoms with Gasteiger partial charge in [0.1, 0.15) is 11.3 Å². The molecule has 4 N–H and O–H groups in total. The van der Waals surface area contributed by atoms with Crippen LogP contribution in [0.1, 0.15) is 42.7 Å². The number of alkyl halides is 3. The Bertz CT molecular complexity index is 1410. The van der Waals surface area contributed by atoms with E-state index in [1.807, 2.05) is 19.1 Å². The first-order chi connectivity index (χ1) is 19.8. The van der Waals surface area contributed by atoms with E-state index in [-0.39, 0.29) is 0 Å². The Morgan fingerprint density at radius 3 is 2.38 bits per heavy atom. The van der Waals surface area contributed by atoms with Crippen molar-refractivity contribution in [2.45, 2.75) is 39.0 Å². The van der Waals surface area contributed by atoms with Gasteiger partial charge in [-0.25, -0.2) is 0 Å². The van der Waals surface area contributed by atoms with Crippen molar-refractivity contribution in [3.05, 3.63) is 88.6 Å². The van der Waals surface area contributed by atoms with Crippen LogP contribution in [0.25, 0.3) is 11.1 Å². The van der Waals surface area contributed by atoms with Crippen LogP contribution in [-0.2, 0) is 11.0 Å². The van der Waals surface area contributed by atoms with Crippen LogP contribution < -0.4 is 11.1 Å². The minimum Gasteiger partial charge on any atom is -0.398 e. The van der Waals surface area contributed by atoms with Gasteiger partial charge in [0.25, 0.3) is 0 Å². The number of aliphatic imine (C=N–C) groups is 2. The molecule has 0 bridgehead atoms. The molecule has 11 heteroatoms. The molecule has 0 aliphatic rings. The lowest BCUT2D eigenvalue weighted by atomic mass is 9.99. The van der Waals surface area contributed by atoms with E-state index in [2.05, 4.69) is 20.3 Å². The van der Waals surface area contributed by atoms with Gasteiger partial charge in [-0.2, -0.15) is 13.2 Å². The summed E-state index contributed by atoms with van der Waals surface area (Å²) in [6.07, 6.45) is 1.74. The van der Waals surface area contributed by atoms with Crippen LogP contribution in [0.4, 0.5) is 24.5 Å². The summed E-state index contributed by atoms with van der Waals surface area (Å²) >= 11 is 1.42. The highest BCUT2D eigenvalue weighted by Gasteiger charge is 2.30. The van der Waals surface area contributed by atoms with Gasteiger partial charge in [0.2, 0.25) is 0 Å². The van der Waals surface area contributed by atoms with Crippen molar-refractivity contribution in [1.82, 2.24) is 4.98 Å². The zero-order valence-corrected chi connectivity index (χ0v) is 25.1. The second-order valence-corrected chi connectivity index (χ2v) is 10.6. The number of benzene rings is 2. The molecule has 0 saturated heterocycles. The van der Waals surface area contributed by atoms with Gasteiger partial charge < -0.3 is 16.2 Å². The van der Waals surface area contributed by atoms with Gasteiger partial charge in [0.15, 0.2) is 0 Å². The van der Waals surface area contributed by atoms with Gasteiger partial charge in [0.05, 0.1) is 11.2 Å². The Labute approximate surface area is 248 Å². The van der Waals surface area contributed by atoms with Crippen LogP contribution in [-0.4, -0.2) is 53.9 Å². The zero-order chi connectivity index (χ0) is 31.3. The fourth-order valence-corrected chi connectivity index (χ4v) is 4.23. The fraction of sp³-hybridized carbons (Fsp3) is 0.290. The number of rotatable bonds is 9. The van der Waals surface area contributed by atoms with Crippen molar-refractivity contribution in [1.29, 1.82) is 0 Å². The predicted molar refractivity (Wildman–Crippen MR) is 168 cm³/mol. The van der Waals surface area contributed by atoms with Crippen molar-refractivity contribution >= 4 is 40.7 Å². The molecular formula is C31H36F3N5O2S. The molecule has 0 atom stereocenters. The Kier molecular flexibility index (Phi) is 12.9. The summed E-state index contributed by atoms with van der Waals surface area (Å²) < 4.78 is 38.2. The lowest BCUT2D eigenvalue weighted by Gasteiger charge is -2.15. The first kappa shape index (κ1) is 34.2. The number of nitrogen functional groups attached to an aromatic ring is 1. The average Bonchev–Trinajstić information content (AvgIpc) is 2.93. The number of halogens is 3. The second-order valence-electron chi connectivity index (χ2n) is 9.75. The summed E-state index contributed by atoms with van der Waals surface area (Å²) in [5, 5.41) is 15.3. The van der Waals surface area contributed by atoms with E-state index in [4.69, 9.17) is 5.73 Å². The Morgan fingerprint density at radius 1 is 1.14 bits per heavy atom. The lowest BCUT2D eigenvalue weighted by Crippen LogP contribution is -2.19. The molecule has 0 radical (unpaired) electrons. The van der Waals surface area contributed by atoms with Crippen molar-refractivity contribution in [3.8, 4) is 11.1 Å². The first-order valence-corrected chi connectivity index (χ1v) is 13.8. The van der Waals surface area contributed by atoms with Crippen LogP contribution >= 0.6 is 11.8 Å². The maximum absolute atomic E-state index is 12.7. The molecule has 0 unspecified atom stereocenters. The number of allylic oxidation sites excluding steroid dienone is 1. The molecule has 2 aromatic carbocycles. The highest BCUT2D eigenvalue weighted by molar-refractivity contribution is 8.16. The largest absolute Gasteiger partial charge is 0.416 e. The highest BCUT2D eigenvalue weighted by atomic mass is 32.2. The molecule has 0 spiro atoms. The molecule has 1 aromatic heterocycles. The number of nitrogens with two attached hydrogens (primary N) is 1. The quantitative estimate of drug-likeness (QED) is 0.0821. The summed E-state index contributed by atoms with van der Waals surface area (Å²) in [5.41, 5.74) is 9.83. The van der Waals surface area contributed by atoms with E-state index >= 15 is 0 Å². The van der Waals surface area contributed by atoms with E-state index in [1.165, 1.54) is 30.0 Å². The summed E-state index contributed by atoms with van der Waals surface area (Å²) in [6, 6.07) is 12.3. The van der Waals surface area contributed by atoms with Gasteiger partial charge in [0, 0.05) is 66.8 Å². The number of pyridine rings is 1. The van der Waals surface area contributed by atoms with E-state index in [0.717, 1.165) is 40.4 Å². The number of aldehydes is 1. The lowest BCUT2D eigenvalue weighted by molar-refractivity contribution is -0.137. The third-order valence-electron chi connectivity index (χ3n) is 5.78. The van der Waals surface area contributed by atoms with Gasteiger partial charge in [-0.1, -0.05) is 23.9 Å². The van der Waals surface area contributed by atoms with Crippen molar-refractivity contribution in [2.75, 3.05) is 31.7 Å². The standard InChI is InChI=1S/C20H24F3N3O.C11H12N2OS/c1-19(2,27)8-9-26-12-14-10-18(25-3)16(11-17(14)24)13-4-6-15(7-5-13)20(21,22)23;1-9-8-10(4-5-13-9)11(12-2)15-7-3-6-14/h4-7,10-12,25,27H,8-9,24H2,1-3H3;3-8H,1-2H3/b;7-3+,12-11?. The summed E-state index contributed by atoms with van der Waals surface area (Å²) in [4.78, 5) is 22.7. The van der Waals surface area contributed by atoms with Crippen LogP contribution in [0.3, 0.4) is 0 Å². The fourth-order valence-electron chi connectivity index (χ4n) is 3.59. The van der Waals surface area contributed by atoms with Crippen LogP contribution in [0.2, 0.25) is 0 Å². The summed E-state index contributed by atoms with van der Waals surface area (Å²) in [6.45, 7) is 5.82. The second kappa shape index (κ2) is 15.9. The topological polar surface area (TPSA) is 113 Å². The third-order valence-corrected chi connectivity index (χ3v) is 6.72. The van der Waals surface area contributed by atoms with Crippen molar-refractivity contribution < 1.29 is 23.1 Å². The van der Waals surface area contributed by atoms with Gasteiger partial charge >= 0.3 is 6.18 Å². The molecular weight excluding hydrogens is 563 g/mol. The number of nitrogens with zero attached hydrogens (tertiary/aromatic N) is 3. The number of hydrogen-bond acceptors (Lipinski definition) is 8. The molecule has 42 heavy (non-hydrogen) atoms. The molecule has 0 aliphatic carbocycles. The molecule has 3 aromatic rings. The normalized spacial score (nSPS) is 12.4. The molecule has 0 amide bonds. The number of aromatic nitrogens is 1. The Balaban J connectivity index is 0.000000347. The molecule has 7 nitrogen and oxygen atoms in total. The van der Waals surface area contributed by atoms with Crippen molar-refractivity contribution in [3.63, 3.8) is 0 Å². The van der Waals surface area contributed by atoms with Crippen molar-refractivity contribution in [2.24, 2.45) is 9.98 Å². The highest BCUT2D eigenvalue weighted by Crippen LogP contribution is 2.35. The maximum Gasteiger partial charge on any atom is 0.416 e. The zero-order valence-electron chi connectivity index (χ0n) is 24.2. The average molecular weight is 600 g/mol. The van der Waals surface area contributed by atoms with E-state index < -0.39 is 17.3 Å². The van der Waals surface area contributed by atoms with Crippen LogP contribution in [0.15, 0.2) is 76.2 Å². The van der Waals surface area contributed by atoms with Gasteiger partial charge in [-0.05, 0) is 80.6 Å². The molecule has 0 saturated carbocycles. The minimum absolute atomic E-state index is 0.457. The number of carbonyl (C=O) groups excluding carboxylic acids is 1. The van der Waals surface area contributed by atoms with Gasteiger partial charge in [-0.3, -0.25) is 19.8 Å². The molecule has 0 aliphatic heterocycles. The predicted octanol–water partition coefficient (Wildman–Crippen LogP) is 6.79. The third kappa shape index (κ3) is 11.1. The number of anilines is 2. The minimum atomic E-state index is -4.37. The molecule has 3 rings (SSSR count). The first-order valence-electron chi connectivity index (χ1n) is 13.0. The summed E-state index contributed by atoms with van der Waals surface area (Å²) in [5.74, 6) is 0. The molecule has 1 heterocycles. The number of thioether (sulfide) groups is 1. The maximum atomic E-state index is 12.7. The number of nitrogens with one attached hydrogen (secondary N) is 1. The Hall–Kier alpha value is -3.96. The van der Waals surface area contributed by atoms with Gasteiger partial charge in [-0.15, -0.1) is 0 Å². The number of carbonyl (C=O) groups is 1. The molecule has 224 valence electrons. The number of aliphatic hydroxyl groups is 1. The van der Waals surface area contributed by atoms with E-state index in [0.29, 0.717) is 35.3 Å². The number of aryl methyl sites for hydroxylation is 1. The monoisotopic (exact) mass is 599 g/mol. The smallest absolute Gasteiger partial charge is 0.398 e. The Morgan fingerprint density at radius 2 is 1.83 bits per heavy atom. The number of hydrogen-bond donors (Lipinski definition) is 3.